The zero-order valence-electron chi connectivity index (χ0n) is 14.5. The van der Waals surface area contributed by atoms with Crippen LogP contribution in [0.25, 0.3) is 0 Å². The van der Waals surface area contributed by atoms with Crippen molar-refractivity contribution in [3.05, 3.63) is 65.5 Å². The van der Waals surface area contributed by atoms with E-state index in [1.807, 2.05) is 38.1 Å². The number of amides is 1. The molecule has 1 unspecified atom stereocenters. The summed E-state index contributed by atoms with van der Waals surface area (Å²) in [5.74, 6) is 0.124. The van der Waals surface area contributed by atoms with Crippen LogP contribution in [0.4, 0.5) is 4.39 Å². The summed E-state index contributed by atoms with van der Waals surface area (Å²) in [5.41, 5.74) is 1.48. The SMILES string of the molecule is CC(C)Oc1ccc(CCNC(=O)CC(O)c2cccc(F)c2)cc1. The van der Waals surface area contributed by atoms with Gasteiger partial charge in [0.25, 0.3) is 0 Å². The van der Waals surface area contributed by atoms with Crippen molar-refractivity contribution in [2.45, 2.75) is 38.9 Å². The van der Waals surface area contributed by atoms with Crippen LogP contribution in [-0.4, -0.2) is 23.7 Å². The van der Waals surface area contributed by atoms with Gasteiger partial charge in [-0.3, -0.25) is 4.79 Å². The van der Waals surface area contributed by atoms with Gasteiger partial charge in [-0.05, 0) is 55.7 Å². The minimum Gasteiger partial charge on any atom is -0.491 e. The van der Waals surface area contributed by atoms with E-state index in [-0.39, 0.29) is 18.4 Å². The van der Waals surface area contributed by atoms with E-state index in [0.29, 0.717) is 18.5 Å². The van der Waals surface area contributed by atoms with Crippen molar-refractivity contribution in [2.24, 2.45) is 0 Å². The minimum atomic E-state index is -1.01. The Morgan fingerprint density at radius 2 is 1.92 bits per heavy atom. The number of aliphatic hydroxyl groups excluding tert-OH is 1. The number of hydrogen-bond donors (Lipinski definition) is 2. The third kappa shape index (κ3) is 6.55. The van der Waals surface area contributed by atoms with Crippen LogP contribution in [0, 0.1) is 5.82 Å². The largest absolute Gasteiger partial charge is 0.491 e. The Morgan fingerprint density at radius 3 is 2.56 bits per heavy atom. The van der Waals surface area contributed by atoms with E-state index in [0.717, 1.165) is 11.3 Å². The normalized spacial score (nSPS) is 12.0. The molecule has 2 aromatic rings. The second-order valence-corrected chi connectivity index (χ2v) is 6.19. The van der Waals surface area contributed by atoms with Crippen LogP contribution >= 0.6 is 0 Å². The summed E-state index contributed by atoms with van der Waals surface area (Å²) in [4.78, 5) is 11.9. The fraction of sp³-hybridized carbons (Fsp3) is 0.350. The molecule has 25 heavy (non-hydrogen) atoms. The summed E-state index contributed by atoms with van der Waals surface area (Å²) in [6, 6.07) is 13.4. The quantitative estimate of drug-likeness (QED) is 0.771. The number of hydrogen-bond acceptors (Lipinski definition) is 3. The predicted octanol–water partition coefficient (Wildman–Crippen LogP) is 3.40. The molecule has 0 aliphatic carbocycles. The molecule has 0 aliphatic rings. The van der Waals surface area contributed by atoms with E-state index in [4.69, 9.17) is 4.74 Å². The average Bonchev–Trinajstić information content (AvgIpc) is 2.56. The Bertz CT molecular complexity index is 686. The van der Waals surface area contributed by atoms with E-state index in [1.54, 1.807) is 6.07 Å². The molecule has 134 valence electrons. The number of nitrogens with one attached hydrogen (secondary N) is 1. The molecule has 0 spiro atoms. The van der Waals surface area contributed by atoms with Crippen molar-refractivity contribution >= 4 is 5.91 Å². The maximum atomic E-state index is 13.1. The molecule has 0 saturated heterocycles. The van der Waals surface area contributed by atoms with E-state index >= 15 is 0 Å². The Balaban J connectivity index is 1.74. The highest BCUT2D eigenvalue weighted by Gasteiger charge is 2.13. The van der Waals surface area contributed by atoms with Gasteiger partial charge in [-0.15, -0.1) is 0 Å². The molecule has 0 bridgehead atoms. The van der Waals surface area contributed by atoms with Crippen molar-refractivity contribution < 1.29 is 19.0 Å². The van der Waals surface area contributed by atoms with Crippen molar-refractivity contribution in [1.82, 2.24) is 5.32 Å². The molecule has 1 amide bonds. The van der Waals surface area contributed by atoms with Crippen LogP contribution in [0.1, 0.15) is 37.5 Å². The number of carbonyl (C=O) groups is 1. The lowest BCUT2D eigenvalue weighted by Crippen LogP contribution is -2.27. The summed E-state index contributed by atoms with van der Waals surface area (Å²) in [7, 11) is 0. The Morgan fingerprint density at radius 1 is 1.20 bits per heavy atom. The first-order valence-electron chi connectivity index (χ1n) is 8.40. The maximum absolute atomic E-state index is 13.1. The summed E-state index contributed by atoms with van der Waals surface area (Å²) in [6.07, 6.45) is -0.285. The third-order valence-corrected chi connectivity index (χ3v) is 3.64. The topological polar surface area (TPSA) is 58.6 Å². The van der Waals surface area contributed by atoms with Crippen molar-refractivity contribution in [3.63, 3.8) is 0 Å². The molecule has 2 N–H and O–H groups in total. The van der Waals surface area contributed by atoms with E-state index < -0.39 is 11.9 Å². The van der Waals surface area contributed by atoms with E-state index in [1.165, 1.54) is 18.2 Å². The highest BCUT2D eigenvalue weighted by molar-refractivity contribution is 5.76. The maximum Gasteiger partial charge on any atom is 0.222 e. The molecule has 0 aromatic heterocycles. The highest BCUT2D eigenvalue weighted by Crippen LogP contribution is 2.17. The van der Waals surface area contributed by atoms with Gasteiger partial charge in [-0.25, -0.2) is 4.39 Å². The summed E-state index contributed by atoms with van der Waals surface area (Å²) in [6.45, 7) is 4.42. The average molecular weight is 345 g/mol. The molecule has 1 atom stereocenters. The fourth-order valence-electron chi connectivity index (χ4n) is 2.43. The highest BCUT2D eigenvalue weighted by atomic mass is 19.1. The zero-order chi connectivity index (χ0) is 18.2. The zero-order valence-corrected chi connectivity index (χ0v) is 14.5. The Labute approximate surface area is 147 Å². The second-order valence-electron chi connectivity index (χ2n) is 6.19. The number of aliphatic hydroxyl groups is 1. The van der Waals surface area contributed by atoms with Gasteiger partial charge in [0, 0.05) is 6.54 Å². The molecule has 2 aromatic carbocycles. The first-order valence-corrected chi connectivity index (χ1v) is 8.40. The lowest BCUT2D eigenvalue weighted by Gasteiger charge is -2.12. The van der Waals surface area contributed by atoms with Crippen LogP contribution in [0.2, 0.25) is 0 Å². The second kappa shape index (κ2) is 9.18. The van der Waals surface area contributed by atoms with Crippen LogP contribution in [0.3, 0.4) is 0 Å². The monoisotopic (exact) mass is 345 g/mol. The van der Waals surface area contributed by atoms with Crippen molar-refractivity contribution in [3.8, 4) is 5.75 Å². The number of rotatable bonds is 8. The third-order valence-electron chi connectivity index (χ3n) is 3.64. The van der Waals surface area contributed by atoms with Gasteiger partial charge in [-0.2, -0.15) is 0 Å². The van der Waals surface area contributed by atoms with Gasteiger partial charge >= 0.3 is 0 Å². The van der Waals surface area contributed by atoms with E-state index in [2.05, 4.69) is 5.32 Å². The van der Waals surface area contributed by atoms with Gasteiger partial charge < -0.3 is 15.2 Å². The van der Waals surface area contributed by atoms with Gasteiger partial charge in [0.2, 0.25) is 5.91 Å². The Kier molecular flexibility index (Phi) is 6.95. The van der Waals surface area contributed by atoms with Crippen LogP contribution in [-0.2, 0) is 11.2 Å². The standard InChI is InChI=1S/C20H24FNO3/c1-14(2)25-18-8-6-15(7-9-18)10-11-22-20(24)13-19(23)16-4-3-5-17(21)12-16/h3-9,12,14,19,23H,10-11,13H2,1-2H3,(H,22,24). The molecule has 4 nitrogen and oxygen atoms in total. The van der Waals surface area contributed by atoms with Crippen LogP contribution in [0.15, 0.2) is 48.5 Å². The number of benzene rings is 2. The minimum absolute atomic E-state index is 0.0926. The summed E-state index contributed by atoms with van der Waals surface area (Å²) in [5, 5.41) is 12.8. The lowest BCUT2D eigenvalue weighted by molar-refractivity contribution is -0.123. The molecule has 0 saturated carbocycles. The molecular formula is C20H24FNO3. The predicted molar refractivity (Wildman–Crippen MR) is 94.9 cm³/mol. The first kappa shape index (κ1) is 18.9. The van der Waals surface area contributed by atoms with Crippen LogP contribution < -0.4 is 10.1 Å². The number of halogens is 1. The van der Waals surface area contributed by atoms with Gasteiger partial charge in [0.15, 0.2) is 0 Å². The molecule has 0 heterocycles. The molecular weight excluding hydrogens is 321 g/mol. The number of carbonyl (C=O) groups excluding carboxylic acids is 1. The summed E-state index contributed by atoms with van der Waals surface area (Å²) >= 11 is 0. The fourth-order valence-corrected chi connectivity index (χ4v) is 2.43. The van der Waals surface area contributed by atoms with Gasteiger partial charge in [0.05, 0.1) is 18.6 Å². The van der Waals surface area contributed by atoms with E-state index in [9.17, 15) is 14.3 Å². The van der Waals surface area contributed by atoms with Crippen LogP contribution in [0.5, 0.6) is 5.75 Å². The molecule has 5 heteroatoms. The smallest absolute Gasteiger partial charge is 0.222 e. The Hall–Kier alpha value is -2.40. The van der Waals surface area contributed by atoms with Crippen molar-refractivity contribution in [1.29, 1.82) is 0 Å². The molecule has 0 radical (unpaired) electrons. The van der Waals surface area contributed by atoms with Gasteiger partial charge in [-0.1, -0.05) is 24.3 Å². The first-order chi connectivity index (χ1) is 11.9. The number of ether oxygens (including phenoxy) is 1. The molecule has 0 fully saturated rings. The summed E-state index contributed by atoms with van der Waals surface area (Å²) < 4.78 is 18.7. The lowest BCUT2D eigenvalue weighted by atomic mass is 10.1. The van der Waals surface area contributed by atoms with Crippen molar-refractivity contribution in [2.75, 3.05) is 6.54 Å². The molecule has 2 rings (SSSR count). The van der Waals surface area contributed by atoms with Gasteiger partial charge in [0.1, 0.15) is 11.6 Å². The molecule has 0 aliphatic heterocycles.